The van der Waals surface area contributed by atoms with E-state index in [0.717, 1.165) is 0 Å². The number of benzene rings is 1. The van der Waals surface area contributed by atoms with Crippen molar-refractivity contribution in [1.82, 2.24) is 19.9 Å². The van der Waals surface area contributed by atoms with Gasteiger partial charge in [0.15, 0.2) is 5.82 Å². The molecule has 0 unspecified atom stereocenters. The van der Waals surface area contributed by atoms with Crippen LogP contribution in [0.2, 0.25) is 0 Å². The Balaban J connectivity index is 1.58. The number of pyridine rings is 1. The van der Waals surface area contributed by atoms with Gasteiger partial charge >= 0.3 is 6.61 Å². The van der Waals surface area contributed by atoms with Crippen molar-refractivity contribution in [2.24, 2.45) is 0 Å². The van der Waals surface area contributed by atoms with Gasteiger partial charge < -0.3 is 9.72 Å². The van der Waals surface area contributed by atoms with E-state index in [-0.39, 0.29) is 11.3 Å². The summed E-state index contributed by atoms with van der Waals surface area (Å²) in [6, 6.07) is 12.1. The van der Waals surface area contributed by atoms with Crippen molar-refractivity contribution in [2.75, 3.05) is 6.54 Å². The third-order valence-corrected chi connectivity index (χ3v) is 4.64. The second kappa shape index (κ2) is 7.85. The Morgan fingerprint density at radius 1 is 1.18 bits per heavy atom. The lowest BCUT2D eigenvalue weighted by molar-refractivity contribution is -0.0508. The molecule has 6 nitrogen and oxygen atoms in total. The van der Waals surface area contributed by atoms with Crippen LogP contribution in [0.4, 0.5) is 8.78 Å². The number of alkyl halides is 2. The monoisotopic (exact) mass is 384 g/mol. The summed E-state index contributed by atoms with van der Waals surface area (Å²) in [7, 11) is 0. The van der Waals surface area contributed by atoms with E-state index in [0.29, 0.717) is 54.4 Å². The summed E-state index contributed by atoms with van der Waals surface area (Å²) in [5.41, 5.74) is 2.44. The molecule has 0 atom stereocenters. The molecule has 0 bridgehead atoms. The Morgan fingerprint density at radius 2 is 2.00 bits per heavy atom. The minimum atomic E-state index is -2.87. The van der Waals surface area contributed by atoms with Crippen LogP contribution in [-0.4, -0.2) is 33.0 Å². The van der Waals surface area contributed by atoms with Gasteiger partial charge in [0.25, 0.3) is 5.56 Å². The average Bonchev–Trinajstić information content (AvgIpc) is 2.69. The van der Waals surface area contributed by atoms with Gasteiger partial charge in [-0.2, -0.15) is 8.78 Å². The number of H-pyrrole nitrogens is 1. The predicted molar refractivity (Wildman–Crippen MR) is 99.0 cm³/mol. The molecule has 2 aromatic heterocycles. The van der Waals surface area contributed by atoms with E-state index in [1.807, 2.05) is 6.07 Å². The summed E-state index contributed by atoms with van der Waals surface area (Å²) < 4.78 is 29.9. The fourth-order valence-electron chi connectivity index (χ4n) is 3.34. The summed E-state index contributed by atoms with van der Waals surface area (Å²) in [5, 5.41) is 0. The van der Waals surface area contributed by atoms with Gasteiger partial charge in [-0.05, 0) is 24.6 Å². The molecule has 1 aromatic carbocycles. The van der Waals surface area contributed by atoms with Crippen molar-refractivity contribution in [3.63, 3.8) is 0 Å². The van der Waals surface area contributed by atoms with Gasteiger partial charge in [-0.25, -0.2) is 4.98 Å². The molecule has 0 amide bonds. The molecule has 4 rings (SSSR count). The van der Waals surface area contributed by atoms with Crippen LogP contribution in [0.15, 0.2) is 53.5 Å². The number of fused-ring (bicyclic) bond motifs is 1. The number of aromatic nitrogens is 3. The number of rotatable bonds is 5. The van der Waals surface area contributed by atoms with Crippen LogP contribution in [0.5, 0.6) is 5.75 Å². The Labute approximate surface area is 159 Å². The van der Waals surface area contributed by atoms with Gasteiger partial charge in [0.05, 0.1) is 5.69 Å². The lowest BCUT2D eigenvalue weighted by Gasteiger charge is -2.28. The predicted octanol–water partition coefficient (Wildman–Crippen LogP) is 2.99. The molecule has 1 aliphatic heterocycles. The van der Waals surface area contributed by atoms with E-state index in [1.165, 1.54) is 6.07 Å². The summed E-state index contributed by atoms with van der Waals surface area (Å²) >= 11 is 0. The number of para-hydroxylation sites is 1. The molecule has 0 saturated heterocycles. The normalized spacial score (nSPS) is 14.1. The molecule has 28 heavy (non-hydrogen) atoms. The fourth-order valence-corrected chi connectivity index (χ4v) is 3.34. The zero-order valence-corrected chi connectivity index (χ0v) is 14.9. The fraction of sp³-hybridized carbons (Fsp3) is 0.250. The Bertz CT molecular complexity index is 1020. The Hall–Kier alpha value is -3.13. The van der Waals surface area contributed by atoms with E-state index in [9.17, 15) is 13.6 Å². The van der Waals surface area contributed by atoms with Crippen molar-refractivity contribution < 1.29 is 13.5 Å². The highest BCUT2D eigenvalue weighted by Gasteiger charge is 2.22. The molecule has 3 aromatic rings. The number of hydrogen-bond acceptors (Lipinski definition) is 5. The summed E-state index contributed by atoms with van der Waals surface area (Å²) in [6.07, 6.45) is 2.18. The molecule has 0 aliphatic carbocycles. The Morgan fingerprint density at radius 3 is 2.79 bits per heavy atom. The largest absolute Gasteiger partial charge is 0.434 e. The van der Waals surface area contributed by atoms with Crippen LogP contribution in [0, 0.1) is 0 Å². The van der Waals surface area contributed by atoms with Gasteiger partial charge in [-0.1, -0.05) is 24.3 Å². The third kappa shape index (κ3) is 3.91. The van der Waals surface area contributed by atoms with E-state index in [2.05, 4.69) is 24.6 Å². The smallest absolute Gasteiger partial charge is 0.387 e. The van der Waals surface area contributed by atoms with E-state index < -0.39 is 6.61 Å². The lowest BCUT2D eigenvalue weighted by atomic mass is 10.1. The maximum Gasteiger partial charge on any atom is 0.387 e. The highest BCUT2D eigenvalue weighted by molar-refractivity contribution is 5.49. The Kier molecular flexibility index (Phi) is 5.12. The van der Waals surface area contributed by atoms with Crippen molar-refractivity contribution in [3.8, 4) is 17.3 Å². The molecule has 0 spiro atoms. The van der Waals surface area contributed by atoms with Crippen LogP contribution >= 0.6 is 0 Å². The van der Waals surface area contributed by atoms with E-state index in [1.54, 1.807) is 36.5 Å². The zero-order chi connectivity index (χ0) is 19.5. The van der Waals surface area contributed by atoms with Gasteiger partial charge in [-0.3, -0.25) is 14.7 Å². The molecule has 1 aliphatic rings. The molecule has 144 valence electrons. The first kappa shape index (κ1) is 18.2. The summed E-state index contributed by atoms with van der Waals surface area (Å²) in [4.78, 5) is 26.1. The minimum Gasteiger partial charge on any atom is -0.434 e. The molecule has 1 N–H and O–H groups in total. The van der Waals surface area contributed by atoms with Gasteiger partial charge in [-0.15, -0.1) is 0 Å². The average molecular weight is 384 g/mol. The van der Waals surface area contributed by atoms with Crippen LogP contribution in [0.1, 0.15) is 16.8 Å². The third-order valence-electron chi connectivity index (χ3n) is 4.64. The van der Waals surface area contributed by atoms with Crippen molar-refractivity contribution >= 4 is 0 Å². The molecule has 3 heterocycles. The number of aromatic amines is 1. The van der Waals surface area contributed by atoms with Crippen LogP contribution in [-0.2, 0) is 19.5 Å². The van der Waals surface area contributed by atoms with Crippen molar-refractivity contribution in [3.05, 3.63) is 75.8 Å². The van der Waals surface area contributed by atoms with Crippen molar-refractivity contribution in [2.45, 2.75) is 26.1 Å². The topological polar surface area (TPSA) is 71.1 Å². The van der Waals surface area contributed by atoms with E-state index >= 15 is 0 Å². The van der Waals surface area contributed by atoms with Gasteiger partial charge in [0, 0.05) is 37.0 Å². The highest BCUT2D eigenvalue weighted by Crippen LogP contribution is 2.24. The maximum absolute atomic E-state index is 12.6. The zero-order valence-electron chi connectivity index (χ0n) is 14.9. The molecule has 8 heteroatoms. The minimum absolute atomic E-state index is 0.160. The summed E-state index contributed by atoms with van der Waals surface area (Å²) in [6.45, 7) is -1.37. The first-order valence-electron chi connectivity index (χ1n) is 8.88. The number of nitrogens with one attached hydrogen (secondary N) is 1. The molecular formula is C20H18F2N4O2. The van der Waals surface area contributed by atoms with Gasteiger partial charge in [0.1, 0.15) is 11.4 Å². The van der Waals surface area contributed by atoms with E-state index in [4.69, 9.17) is 0 Å². The second-order valence-electron chi connectivity index (χ2n) is 6.50. The maximum atomic E-state index is 12.6. The molecule has 0 radical (unpaired) electrons. The number of halogens is 2. The van der Waals surface area contributed by atoms with Crippen LogP contribution in [0.3, 0.4) is 0 Å². The number of ether oxygens (including phenoxy) is 1. The van der Waals surface area contributed by atoms with Gasteiger partial charge in [0.2, 0.25) is 0 Å². The number of hydrogen-bond donors (Lipinski definition) is 1. The quantitative estimate of drug-likeness (QED) is 0.732. The highest BCUT2D eigenvalue weighted by atomic mass is 19.3. The SMILES string of the molecule is O=c1[nH]c(-c2ccccn2)nc2c1CCN(Cc1ccccc1OC(F)F)C2. The van der Waals surface area contributed by atoms with Crippen LogP contribution in [0.25, 0.3) is 11.5 Å². The first-order valence-corrected chi connectivity index (χ1v) is 8.88. The summed E-state index contributed by atoms with van der Waals surface area (Å²) in [5.74, 6) is 0.587. The molecule has 0 fully saturated rings. The number of nitrogens with zero attached hydrogens (tertiary/aromatic N) is 3. The van der Waals surface area contributed by atoms with Crippen molar-refractivity contribution in [1.29, 1.82) is 0 Å². The molecular weight excluding hydrogens is 366 g/mol. The standard InChI is InChI=1S/C20H18F2N4O2/c21-20(22)28-17-7-2-1-5-13(17)11-26-10-8-14-16(12-26)24-18(25-19(14)27)15-6-3-4-9-23-15/h1-7,9,20H,8,10-12H2,(H,24,25,27). The second-order valence-corrected chi connectivity index (χ2v) is 6.50. The van der Waals surface area contributed by atoms with Crippen LogP contribution < -0.4 is 10.3 Å². The lowest BCUT2D eigenvalue weighted by Crippen LogP contribution is -2.35. The molecule has 0 saturated carbocycles. The first-order chi connectivity index (χ1) is 13.6.